The lowest BCUT2D eigenvalue weighted by atomic mass is 9.83. The molecule has 0 radical (unpaired) electrons. The van der Waals surface area contributed by atoms with Crippen molar-refractivity contribution >= 4 is 41.3 Å². The molecular weight excluding hydrogens is 480 g/mol. The maximum absolute atomic E-state index is 13.3. The van der Waals surface area contributed by atoms with Crippen molar-refractivity contribution in [3.05, 3.63) is 62.0 Å². The molecule has 1 aliphatic carbocycles. The molecule has 5 rings (SSSR count). The van der Waals surface area contributed by atoms with Crippen LogP contribution in [-0.2, 0) is 27.2 Å². The Balaban J connectivity index is 1.44. The van der Waals surface area contributed by atoms with E-state index < -0.39 is 5.97 Å². The average molecular weight is 508 g/mol. The molecule has 9 nitrogen and oxygen atoms in total. The largest absolute Gasteiger partial charge is 0.545 e. The molecule has 4 heterocycles. The second-order valence-electron chi connectivity index (χ2n) is 9.31. The third kappa shape index (κ3) is 5.18. The summed E-state index contributed by atoms with van der Waals surface area (Å²) in [5, 5.41) is 14.3. The fourth-order valence-corrected chi connectivity index (χ4v) is 5.66. The van der Waals surface area contributed by atoms with E-state index in [0.29, 0.717) is 36.9 Å². The number of fused-ring (bicyclic) bond motifs is 1. The van der Waals surface area contributed by atoms with Crippen LogP contribution in [0.3, 0.4) is 0 Å². The first-order chi connectivity index (χ1) is 17.5. The summed E-state index contributed by atoms with van der Waals surface area (Å²) in [6.07, 6.45) is 10.2. The normalized spacial score (nSPS) is 18.4. The number of aromatic nitrogens is 3. The number of piperidine rings is 1. The van der Waals surface area contributed by atoms with Gasteiger partial charge in [0.25, 0.3) is 12.0 Å². The fraction of sp³-hybridized carbons (Fsp3) is 0.423. The molecule has 3 aromatic rings. The minimum Gasteiger partial charge on any atom is -0.545 e. The van der Waals surface area contributed by atoms with Crippen molar-refractivity contribution in [1.29, 1.82) is 0 Å². The number of hydrogen-bond acceptors (Lipinski definition) is 9. The predicted molar refractivity (Wildman–Crippen MR) is 134 cm³/mol. The zero-order chi connectivity index (χ0) is 25.1. The van der Waals surface area contributed by atoms with Gasteiger partial charge in [0, 0.05) is 30.5 Å². The monoisotopic (exact) mass is 507 g/mol. The van der Waals surface area contributed by atoms with Crippen LogP contribution in [0.5, 0.6) is 0 Å². The summed E-state index contributed by atoms with van der Waals surface area (Å²) < 4.78 is 6.57. The number of hydrogen-bond donors (Lipinski definition) is 0. The highest BCUT2D eigenvalue weighted by atomic mass is 32.1. The van der Waals surface area contributed by atoms with E-state index in [1.54, 1.807) is 17.5 Å². The van der Waals surface area contributed by atoms with E-state index >= 15 is 0 Å². The molecule has 2 aliphatic rings. The van der Waals surface area contributed by atoms with Gasteiger partial charge in [0.2, 0.25) is 0 Å². The molecule has 188 valence electrons. The number of aryl methyl sites for hydroxylation is 2. The van der Waals surface area contributed by atoms with Crippen molar-refractivity contribution in [3.8, 4) is 0 Å². The van der Waals surface area contributed by atoms with Gasteiger partial charge in [-0.2, -0.15) is 0 Å². The summed E-state index contributed by atoms with van der Waals surface area (Å²) in [5.74, 6) is -0.403. The number of carboxylic acid groups (broad SMARTS) is 1. The molecule has 0 N–H and O–H groups in total. The lowest BCUT2D eigenvalue weighted by Gasteiger charge is -2.33. The number of rotatable bonds is 9. The number of pyridine rings is 1. The molecule has 10 heteroatoms. The third-order valence-corrected chi connectivity index (χ3v) is 7.87. The smallest absolute Gasteiger partial charge is 0.293 e. The maximum Gasteiger partial charge on any atom is 0.293 e. The Morgan fingerprint density at radius 2 is 2.08 bits per heavy atom. The molecule has 1 atom stereocenters. The second-order valence-corrected chi connectivity index (χ2v) is 10.2. The van der Waals surface area contributed by atoms with Crippen LogP contribution in [0.15, 0.2) is 34.6 Å². The Hall–Kier alpha value is -3.53. The van der Waals surface area contributed by atoms with Crippen LogP contribution in [0.1, 0.15) is 59.9 Å². The van der Waals surface area contributed by atoms with Crippen molar-refractivity contribution in [2.75, 3.05) is 18.0 Å². The molecule has 2 fully saturated rings. The number of anilines is 1. The van der Waals surface area contributed by atoms with Gasteiger partial charge < -0.3 is 19.5 Å². The summed E-state index contributed by atoms with van der Waals surface area (Å²) in [6.45, 7) is 1.42. The van der Waals surface area contributed by atoms with Gasteiger partial charge in [-0.05, 0) is 62.0 Å². The standard InChI is InChI=1S/C26H28N4O5S/c31-16-35-19-5-2-11-29(14-19)25-20(7-9-24(32)33)26(34)30-12-10-17(13-22(30)28-25)6-8-23-27-21(15-36-23)18-3-1-4-18/h7,9-10,12-13,15-16,18-19H,1-6,8,11,14H2,(H,32,33)/p-1/b9-7+. The van der Waals surface area contributed by atoms with E-state index in [1.807, 2.05) is 17.0 Å². The highest BCUT2D eigenvalue weighted by molar-refractivity contribution is 7.09. The molecule has 36 heavy (non-hydrogen) atoms. The Labute approximate surface area is 212 Å². The third-order valence-electron chi connectivity index (χ3n) is 6.94. The number of carbonyl (C=O) groups is 2. The lowest BCUT2D eigenvalue weighted by Crippen LogP contribution is -2.41. The van der Waals surface area contributed by atoms with Gasteiger partial charge in [0.1, 0.15) is 17.6 Å². The van der Waals surface area contributed by atoms with Gasteiger partial charge >= 0.3 is 0 Å². The number of thiazole rings is 1. The molecular formula is C26H27N4O5S-. The van der Waals surface area contributed by atoms with Gasteiger partial charge in [-0.3, -0.25) is 14.0 Å². The number of ether oxygens (including phenoxy) is 1. The molecule has 0 bridgehead atoms. The van der Waals surface area contributed by atoms with Gasteiger partial charge in [-0.25, -0.2) is 9.97 Å². The second kappa shape index (κ2) is 10.6. The summed E-state index contributed by atoms with van der Waals surface area (Å²) in [6, 6.07) is 3.78. The van der Waals surface area contributed by atoms with E-state index in [9.17, 15) is 19.5 Å². The van der Waals surface area contributed by atoms with Crippen LogP contribution >= 0.6 is 11.3 Å². The Morgan fingerprint density at radius 3 is 2.83 bits per heavy atom. The molecule has 1 saturated carbocycles. The van der Waals surface area contributed by atoms with Gasteiger partial charge in [-0.1, -0.05) is 6.42 Å². The quantitative estimate of drug-likeness (QED) is 0.319. The fourth-order valence-electron chi connectivity index (χ4n) is 4.78. The maximum atomic E-state index is 13.3. The molecule has 0 spiro atoms. The molecule has 3 aromatic heterocycles. The van der Waals surface area contributed by atoms with Crippen molar-refractivity contribution in [1.82, 2.24) is 14.4 Å². The lowest BCUT2D eigenvalue weighted by molar-refractivity contribution is -0.297. The summed E-state index contributed by atoms with van der Waals surface area (Å²) >= 11 is 1.70. The van der Waals surface area contributed by atoms with E-state index in [4.69, 9.17) is 14.7 Å². The number of nitrogens with zero attached hydrogens (tertiary/aromatic N) is 4. The molecule has 1 aliphatic heterocycles. The predicted octanol–water partition coefficient (Wildman–Crippen LogP) is 2.11. The summed E-state index contributed by atoms with van der Waals surface area (Å²) in [4.78, 5) is 46.7. The van der Waals surface area contributed by atoms with E-state index in [0.717, 1.165) is 42.3 Å². The first-order valence-corrected chi connectivity index (χ1v) is 13.1. The Kier molecular flexibility index (Phi) is 7.13. The first kappa shape index (κ1) is 24.2. The van der Waals surface area contributed by atoms with Crippen LogP contribution in [0.4, 0.5) is 5.82 Å². The van der Waals surface area contributed by atoms with Crippen molar-refractivity contribution in [2.24, 2.45) is 0 Å². The topological polar surface area (TPSA) is 117 Å². The SMILES string of the molecule is O=COC1CCCN(c2nc3cc(CCc4nc(C5CCC5)cs4)ccn3c(=O)c2/C=C/C(=O)[O-])C1. The van der Waals surface area contributed by atoms with Crippen LogP contribution in [0, 0.1) is 0 Å². The van der Waals surface area contributed by atoms with Crippen LogP contribution in [-0.4, -0.2) is 46.0 Å². The molecule has 0 amide bonds. The number of carboxylic acids is 1. The number of carbonyl (C=O) groups excluding carboxylic acids is 2. The van der Waals surface area contributed by atoms with E-state index in [-0.39, 0.29) is 17.2 Å². The summed E-state index contributed by atoms with van der Waals surface area (Å²) in [7, 11) is 0. The van der Waals surface area contributed by atoms with Gasteiger partial charge in [0.15, 0.2) is 0 Å². The molecule has 0 aromatic carbocycles. The molecule has 1 saturated heterocycles. The molecule has 1 unspecified atom stereocenters. The van der Waals surface area contributed by atoms with E-state index in [1.165, 1.54) is 35.4 Å². The highest BCUT2D eigenvalue weighted by Gasteiger charge is 2.25. The van der Waals surface area contributed by atoms with Crippen LogP contribution in [0.25, 0.3) is 11.7 Å². The van der Waals surface area contributed by atoms with Crippen LogP contribution in [0.2, 0.25) is 0 Å². The van der Waals surface area contributed by atoms with Crippen molar-refractivity contribution in [3.63, 3.8) is 0 Å². The average Bonchev–Trinajstić information content (AvgIpc) is 3.29. The summed E-state index contributed by atoms with van der Waals surface area (Å²) in [5.41, 5.74) is 2.51. The van der Waals surface area contributed by atoms with Crippen molar-refractivity contribution in [2.45, 2.75) is 57.0 Å². The Bertz CT molecular complexity index is 1360. The first-order valence-electron chi connectivity index (χ1n) is 12.2. The minimum absolute atomic E-state index is 0.155. The van der Waals surface area contributed by atoms with Crippen molar-refractivity contribution < 1.29 is 19.4 Å². The van der Waals surface area contributed by atoms with Gasteiger partial charge in [0.05, 0.1) is 28.8 Å². The van der Waals surface area contributed by atoms with E-state index in [2.05, 4.69) is 5.38 Å². The van der Waals surface area contributed by atoms with Gasteiger partial charge in [-0.15, -0.1) is 11.3 Å². The Morgan fingerprint density at radius 1 is 1.22 bits per heavy atom. The minimum atomic E-state index is -1.40. The van der Waals surface area contributed by atoms with Crippen LogP contribution < -0.4 is 15.6 Å². The number of aliphatic carboxylic acids is 1. The zero-order valence-electron chi connectivity index (χ0n) is 19.8. The highest BCUT2D eigenvalue weighted by Crippen LogP contribution is 2.36. The zero-order valence-corrected chi connectivity index (χ0v) is 20.6.